The number of benzene rings is 1. The topological polar surface area (TPSA) is 60.2 Å². The van der Waals surface area contributed by atoms with Gasteiger partial charge in [0.05, 0.1) is 18.8 Å². The van der Waals surface area contributed by atoms with Crippen molar-refractivity contribution in [2.75, 3.05) is 7.11 Å². The van der Waals surface area contributed by atoms with E-state index in [1.165, 1.54) is 13.2 Å². The summed E-state index contributed by atoms with van der Waals surface area (Å²) in [6.45, 7) is 1.89. The van der Waals surface area contributed by atoms with Gasteiger partial charge in [-0.3, -0.25) is 10.8 Å². The zero-order valence-electron chi connectivity index (χ0n) is 10.9. The van der Waals surface area contributed by atoms with Crippen LogP contribution >= 0.6 is 0 Å². The van der Waals surface area contributed by atoms with E-state index in [1.807, 2.05) is 25.1 Å². The summed E-state index contributed by atoms with van der Waals surface area (Å²) in [5.74, 6) is 5.35. The van der Waals surface area contributed by atoms with Crippen LogP contribution in [-0.2, 0) is 0 Å². The monoisotopic (exact) mass is 261 g/mol. The first kappa shape index (κ1) is 13.5. The van der Waals surface area contributed by atoms with Gasteiger partial charge in [0.1, 0.15) is 0 Å². The summed E-state index contributed by atoms with van der Waals surface area (Å²) in [6.07, 6.45) is 0. The van der Waals surface area contributed by atoms with Gasteiger partial charge in [-0.1, -0.05) is 12.1 Å². The maximum absolute atomic E-state index is 13.7. The van der Waals surface area contributed by atoms with Gasteiger partial charge in [0.15, 0.2) is 11.6 Å². The molecule has 0 radical (unpaired) electrons. The Morgan fingerprint density at radius 3 is 2.68 bits per heavy atom. The van der Waals surface area contributed by atoms with E-state index in [1.54, 1.807) is 12.1 Å². The Hall–Kier alpha value is -1.98. The van der Waals surface area contributed by atoms with Crippen molar-refractivity contribution in [3.05, 3.63) is 59.2 Å². The van der Waals surface area contributed by atoms with E-state index in [0.29, 0.717) is 5.56 Å². The largest absolute Gasteiger partial charge is 0.494 e. The van der Waals surface area contributed by atoms with Gasteiger partial charge in [-0.2, -0.15) is 0 Å². The Labute approximate surface area is 111 Å². The second kappa shape index (κ2) is 5.77. The molecule has 0 bridgehead atoms. The zero-order chi connectivity index (χ0) is 13.8. The molecular weight excluding hydrogens is 245 g/mol. The fourth-order valence-corrected chi connectivity index (χ4v) is 1.94. The lowest BCUT2D eigenvalue weighted by molar-refractivity contribution is 0.385. The number of ether oxygens (including phenoxy) is 1. The highest BCUT2D eigenvalue weighted by Crippen LogP contribution is 2.25. The fraction of sp³-hybridized carbons (Fsp3) is 0.214. The number of pyridine rings is 1. The number of hydrogen-bond acceptors (Lipinski definition) is 4. The number of hydrazine groups is 1. The molecule has 2 aromatic rings. The fourth-order valence-electron chi connectivity index (χ4n) is 1.94. The minimum absolute atomic E-state index is 0.205. The van der Waals surface area contributed by atoms with Crippen LogP contribution in [-0.4, -0.2) is 12.1 Å². The van der Waals surface area contributed by atoms with Gasteiger partial charge >= 0.3 is 0 Å². The van der Waals surface area contributed by atoms with Gasteiger partial charge in [-0.15, -0.1) is 0 Å². The van der Waals surface area contributed by atoms with E-state index in [2.05, 4.69) is 10.4 Å². The Bertz CT molecular complexity index is 574. The van der Waals surface area contributed by atoms with Gasteiger partial charge in [0.2, 0.25) is 0 Å². The van der Waals surface area contributed by atoms with Crippen LogP contribution in [0, 0.1) is 12.7 Å². The Kier molecular flexibility index (Phi) is 4.09. The average molecular weight is 261 g/mol. The summed E-state index contributed by atoms with van der Waals surface area (Å²) < 4.78 is 18.6. The molecule has 3 N–H and O–H groups in total. The van der Waals surface area contributed by atoms with Crippen LogP contribution < -0.4 is 16.0 Å². The minimum Gasteiger partial charge on any atom is -0.494 e. The number of nitrogens with one attached hydrogen (secondary N) is 1. The first-order chi connectivity index (χ1) is 9.15. The third-order valence-electron chi connectivity index (χ3n) is 2.88. The number of aryl methyl sites for hydroxylation is 1. The highest BCUT2D eigenvalue weighted by atomic mass is 19.1. The predicted molar refractivity (Wildman–Crippen MR) is 71.1 cm³/mol. The summed E-state index contributed by atoms with van der Waals surface area (Å²) in [4.78, 5) is 4.40. The molecule has 5 heteroatoms. The third-order valence-corrected chi connectivity index (χ3v) is 2.88. The molecule has 2 rings (SSSR count). The standard InChI is InChI=1S/C14H16FN3O/c1-9-4-3-5-12(17-9)14(18-16)10-6-7-13(19-2)11(15)8-10/h3-8,14,18H,16H2,1-2H3. The van der Waals surface area contributed by atoms with Gasteiger partial charge in [-0.25, -0.2) is 9.82 Å². The molecule has 0 saturated heterocycles. The molecule has 0 spiro atoms. The molecule has 100 valence electrons. The number of aromatic nitrogens is 1. The van der Waals surface area contributed by atoms with Crippen molar-refractivity contribution in [2.24, 2.45) is 5.84 Å². The van der Waals surface area contributed by atoms with Crippen LogP contribution in [0.3, 0.4) is 0 Å². The number of nitrogens with two attached hydrogens (primary N) is 1. The maximum atomic E-state index is 13.7. The van der Waals surface area contributed by atoms with Crippen LogP contribution in [0.25, 0.3) is 0 Å². The molecule has 0 aliphatic rings. The molecule has 1 atom stereocenters. The van der Waals surface area contributed by atoms with Crippen molar-refractivity contribution in [3.8, 4) is 5.75 Å². The number of rotatable bonds is 4. The van der Waals surface area contributed by atoms with Crippen LogP contribution in [0.15, 0.2) is 36.4 Å². The van der Waals surface area contributed by atoms with Crippen LogP contribution in [0.4, 0.5) is 4.39 Å². The number of methoxy groups -OCH3 is 1. The SMILES string of the molecule is COc1ccc(C(NN)c2cccc(C)n2)cc1F. The van der Waals surface area contributed by atoms with Crippen LogP contribution in [0.2, 0.25) is 0 Å². The molecule has 0 aliphatic carbocycles. The van der Waals surface area contributed by atoms with Crippen molar-refractivity contribution in [1.82, 2.24) is 10.4 Å². The lowest BCUT2D eigenvalue weighted by Gasteiger charge is -2.17. The normalized spacial score (nSPS) is 12.2. The van der Waals surface area contributed by atoms with E-state index in [0.717, 1.165) is 11.4 Å². The lowest BCUT2D eigenvalue weighted by atomic mass is 10.0. The predicted octanol–water partition coefficient (Wildman–Crippen LogP) is 2.09. The molecule has 1 heterocycles. The van der Waals surface area contributed by atoms with Crippen molar-refractivity contribution in [1.29, 1.82) is 0 Å². The van der Waals surface area contributed by atoms with E-state index in [-0.39, 0.29) is 11.8 Å². The molecule has 0 saturated carbocycles. The maximum Gasteiger partial charge on any atom is 0.165 e. The Morgan fingerprint density at radius 2 is 2.11 bits per heavy atom. The molecule has 4 nitrogen and oxygen atoms in total. The average Bonchev–Trinajstić information content (AvgIpc) is 2.40. The minimum atomic E-state index is -0.423. The number of halogens is 1. The second-order valence-corrected chi connectivity index (χ2v) is 4.20. The molecule has 0 amide bonds. The molecular formula is C14H16FN3O. The number of hydrogen-bond donors (Lipinski definition) is 2. The van der Waals surface area contributed by atoms with Crippen molar-refractivity contribution < 1.29 is 9.13 Å². The van der Waals surface area contributed by atoms with Crippen LogP contribution in [0.5, 0.6) is 5.75 Å². The van der Waals surface area contributed by atoms with E-state index in [9.17, 15) is 4.39 Å². The van der Waals surface area contributed by atoms with Gasteiger partial charge in [-0.05, 0) is 36.8 Å². The lowest BCUT2D eigenvalue weighted by Crippen LogP contribution is -2.29. The molecule has 1 unspecified atom stereocenters. The summed E-state index contributed by atoms with van der Waals surface area (Å²) in [5, 5.41) is 0. The van der Waals surface area contributed by atoms with Crippen molar-refractivity contribution in [2.45, 2.75) is 13.0 Å². The molecule has 1 aromatic carbocycles. The van der Waals surface area contributed by atoms with E-state index < -0.39 is 5.82 Å². The Balaban J connectivity index is 2.39. The molecule has 19 heavy (non-hydrogen) atoms. The molecule has 0 fully saturated rings. The first-order valence-electron chi connectivity index (χ1n) is 5.89. The summed E-state index contributed by atoms with van der Waals surface area (Å²) >= 11 is 0. The van der Waals surface area contributed by atoms with Gasteiger partial charge in [0, 0.05) is 5.69 Å². The summed E-state index contributed by atoms with van der Waals surface area (Å²) in [5.41, 5.74) is 4.97. The molecule has 0 aliphatic heterocycles. The van der Waals surface area contributed by atoms with E-state index >= 15 is 0 Å². The summed E-state index contributed by atoms with van der Waals surface area (Å²) in [6, 6.07) is 10.0. The molecule has 1 aromatic heterocycles. The zero-order valence-corrected chi connectivity index (χ0v) is 10.9. The summed E-state index contributed by atoms with van der Waals surface area (Å²) in [7, 11) is 1.43. The first-order valence-corrected chi connectivity index (χ1v) is 5.89. The highest BCUT2D eigenvalue weighted by Gasteiger charge is 2.16. The smallest absolute Gasteiger partial charge is 0.165 e. The van der Waals surface area contributed by atoms with Crippen LogP contribution in [0.1, 0.15) is 23.0 Å². The van der Waals surface area contributed by atoms with E-state index in [4.69, 9.17) is 10.6 Å². The second-order valence-electron chi connectivity index (χ2n) is 4.20. The third kappa shape index (κ3) is 2.89. The van der Waals surface area contributed by atoms with Gasteiger partial charge in [0.25, 0.3) is 0 Å². The van der Waals surface area contributed by atoms with Crippen molar-refractivity contribution in [3.63, 3.8) is 0 Å². The van der Waals surface area contributed by atoms with Crippen molar-refractivity contribution >= 4 is 0 Å². The van der Waals surface area contributed by atoms with Gasteiger partial charge < -0.3 is 4.74 Å². The highest BCUT2D eigenvalue weighted by molar-refractivity contribution is 5.34. The quantitative estimate of drug-likeness (QED) is 0.653. The Morgan fingerprint density at radius 1 is 1.32 bits per heavy atom. The number of nitrogens with zero attached hydrogens (tertiary/aromatic N) is 1.